The number of halogens is 3. The fourth-order valence-electron chi connectivity index (χ4n) is 2.19. The number of thiazole rings is 1. The molecule has 0 bridgehead atoms. The highest BCUT2D eigenvalue weighted by Crippen LogP contribution is 2.32. The van der Waals surface area contributed by atoms with E-state index in [1.165, 1.54) is 19.4 Å². The minimum Gasteiger partial charge on any atom is -0.497 e. The number of hydrogen-bond donors (Lipinski definition) is 1. The predicted octanol–water partition coefficient (Wildman–Crippen LogP) is 4.94. The van der Waals surface area contributed by atoms with Crippen molar-refractivity contribution in [2.75, 3.05) is 12.4 Å². The van der Waals surface area contributed by atoms with Crippen molar-refractivity contribution >= 4 is 34.0 Å². The number of carbonyl (C=O) groups excluding carboxylic acids is 1. The van der Waals surface area contributed by atoms with Crippen LogP contribution in [0.2, 0.25) is 0 Å². The molecule has 0 atom stereocenters. The molecule has 1 aromatic carbocycles. The van der Waals surface area contributed by atoms with Crippen LogP contribution in [0.4, 0.5) is 18.3 Å². The number of rotatable bonds is 5. The Bertz CT molecular complexity index is 945. The maximum absolute atomic E-state index is 12.7. The van der Waals surface area contributed by atoms with Crippen molar-refractivity contribution in [3.63, 3.8) is 0 Å². The number of benzene rings is 1. The average molecular weight is 394 g/mol. The lowest BCUT2D eigenvalue weighted by molar-refractivity contribution is -0.140. The van der Waals surface area contributed by atoms with Gasteiger partial charge in [0.1, 0.15) is 11.5 Å². The Morgan fingerprint density at radius 1 is 1.26 bits per heavy atom. The molecule has 0 unspecified atom stereocenters. The number of nitrogens with one attached hydrogen (secondary N) is 1. The number of aromatic nitrogens is 1. The second kappa shape index (κ2) is 7.67. The summed E-state index contributed by atoms with van der Waals surface area (Å²) in [6.45, 7) is 0. The van der Waals surface area contributed by atoms with E-state index >= 15 is 0 Å². The number of anilines is 1. The maximum atomic E-state index is 12.7. The van der Waals surface area contributed by atoms with Crippen molar-refractivity contribution in [2.24, 2.45) is 0 Å². The summed E-state index contributed by atoms with van der Waals surface area (Å²) in [6.07, 6.45) is -1.62. The zero-order chi connectivity index (χ0) is 19.4. The molecule has 0 aliphatic rings. The van der Waals surface area contributed by atoms with Gasteiger partial charge in [0, 0.05) is 5.38 Å². The summed E-state index contributed by atoms with van der Waals surface area (Å²) >= 11 is 0.698. The lowest BCUT2D eigenvalue weighted by Gasteiger charge is -2.08. The molecule has 0 fully saturated rings. The molecule has 2 aromatic heterocycles. The van der Waals surface area contributed by atoms with Crippen LogP contribution in [0.25, 0.3) is 11.6 Å². The minimum atomic E-state index is -4.57. The molecule has 9 heteroatoms. The third-order valence-corrected chi connectivity index (χ3v) is 4.25. The molecule has 1 amide bonds. The van der Waals surface area contributed by atoms with Crippen LogP contribution in [0.5, 0.6) is 5.75 Å². The van der Waals surface area contributed by atoms with Crippen LogP contribution in [-0.2, 0) is 11.0 Å². The number of furan rings is 1. The molecule has 0 aliphatic heterocycles. The molecular weight excluding hydrogens is 381 g/mol. The molecular formula is C18H13F3N2O3S. The van der Waals surface area contributed by atoms with Gasteiger partial charge in [-0.25, -0.2) is 4.98 Å². The number of alkyl halides is 3. The van der Waals surface area contributed by atoms with Crippen molar-refractivity contribution in [3.05, 3.63) is 65.1 Å². The van der Waals surface area contributed by atoms with Gasteiger partial charge in [-0.05, 0) is 35.9 Å². The van der Waals surface area contributed by atoms with Crippen LogP contribution in [0.15, 0.2) is 52.5 Å². The van der Waals surface area contributed by atoms with Crippen LogP contribution >= 0.6 is 11.3 Å². The smallest absolute Gasteiger partial charge is 0.434 e. The first-order valence-electron chi connectivity index (χ1n) is 7.60. The van der Waals surface area contributed by atoms with Crippen molar-refractivity contribution < 1.29 is 27.1 Å². The molecule has 3 rings (SSSR count). The van der Waals surface area contributed by atoms with E-state index in [0.717, 1.165) is 5.38 Å². The van der Waals surface area contributed by atoms with E-state index in [9.17, 15) is 18.0 Å². The van der Waals surface area contributed by atoms with Gasteiger partial charge in [-0.15, -0.1) is 11.3 Å². The molecule has 140 valence electrons. The highest BCUT2D eigenvalue weighted by atomic mass is 32.1. The molecule has 0 aliphatic carbocycles. The number of carbonyl (C=O) groups is 1. The number of amides is 1. The highest BCUT2D eigenvalue weighted by Gasteiger charge is 2.34. The fraction of sp³-hybridized carbons (Fsp3) is 0.111. The molecule has 5 nitrogen and oxygen atoms in total. The van der Waals surface area contributed by atoms with Gasteiger partial charge in [0.2, 0.25) is 0 Å². The van der Waals surface area contributed by atoms with Gasteiger partial charge in [-0.3, -0.25) is 10.1 Å². The molecule has 27 heavy (non-hydrogen) atoms. The third kappa shape index (κ3) is 4.56. The summed E-state index contributed by atoms with van der Waals surface area (Å²) in [4.78, 5) is 16.1. The molecule has 0 spiro atoms. The van der Waals surface area contributed by atoms with Gasteiger partial charge < -0.3 is 9.15 Å². The summed E-state index contributed by atoms with van der Waals surface area (Å²) < 4.78 is 48.4. The Morgan fingerprint density at radius 3 is 2.56 bits per heavy atom. The largest absolute Gasteiger partial charge is 0.497 e. The van der Waals surface area contributed by atoms with Crippen molar-refractivity contribution in [1.29, 1.82) is 0 Å². The number of ether oxygens (including phenoxy) is 1. The Morgan fingerprint density at radius 2 is 2.00 bits per heavy atom. The van der Waals surface area contributed by atoms with Gasteiger partial charge in [-0.2, -0.15) is 13.2 Å². The number of nitrogens with zero attached hydrogens (tertiary/aromatic N) is 1. The van der Waals surface area contributed by atoms with Gasteiger partial charge in [0.05, 0.1) is 18.9 Å². The topological polar surface area (TPSA) is 64.4 Å². The van der Waals surface area contributed by atoms with Crippen LogP contribution < -0.4 is 10.1 Å². The predicted molar refractivity (Wildman–Crippen MR) is 95.3 cm³/mol. The first kappa shape index (κ1) is 18.7. The molecule has 0 saturated heterocycles. The highest BCUT2D eigenvalue weighted by molar-refractivity contribution is 7.14. The Labute approximate surface area is 156 Å². The van der Waals surface area contributed by atoms with Crippen molar-refractivity contribution in [2.45, 2.75) is 6.18 Å². The average Bonchev–Trinajstić information content (AvgIpc) is 3.31. The molecule has 0 radical (unpaired) electrons. The SMILES string of the molecule is COc1ccc(C(=Cc2ccco2)C(=O)Nc2nc(C(F)(F)F)cs2)cc1. The van der Waals surface area contributed by atoms with Gasteiger partial charge >= 0.3 is 6.18 Å². The zero-order valence-electron chi connectivity index (χ0n) is 13.9. The van der Waals surface area contributed by atoms with Gasteiger partial charge in [-0.1, -0.05) is 12.1 Å². The van der Waals surface area contributed by atoms with E-state index in [1.54, 1.807) is 36.4 Å². The van der Waals surface area contributed by atoms with Crippen LogP contribution in [0.1, 0.15) is 17.0 Å². The van der Waals surface area contributed by atoms with Crippen LogP contribution in [0, 0.1) is 0 Å². The van der Waals surface area contributed by atoms with Crippen LogP contribution in [0.3, 0.4) is 0 Å². The Balaban J connectivity index is 1.90. The fourth-order valence-corrected chi connectivity index (χ4v) is 2.90. The first-order chi connectivity index (χ1) is 12.9. The summed E-state index contributed by atoms with van der Waals surface area (Å²) in [7, 11) is 1.52. The van der Waals surface area contributed by atoms with Crippen molar-refractivity contribution in [3.8, 4) is 5.75 Å². The standard InChI is InChI=1S/C18H13F3N2O3S/c1-25-12-6-4-11(5-7-12)14(9-13-3-2-8-26-13)16(24)23-17-22-15(10-27-17)18(19,20)21/h2-10H,1H3,(H,22,23,24). The van der Waals surface area contributed by atoms with E-state index in [0.29, 0.717) is 28.4 Å². The first-order valence-corrected chi connectivity index (χ1v) is 8.48. The van der Waals surface area contributed by atoms with Crippen LogP contribution in [-0.4, -0.2) is 18.0 Å². The monoisotopic (exact) mass is 394 g/mol. The Hall–Kier alpha value is -3.07. The lowest BCUT2D eigenvalue weighted by Crippen LogP contribution is -2.14. The molecule has 2 heterocycles. The summed E-state index contributed by atoms with van der Waals surface area (Å²) in [6, 6.07) is 9.98. The molecule has 0 saturated carbocycles. The van der Waals surface area contributed by atoms with E-state index < -0.39 is 17.8 Å². The number of hydrogen-bond acceptors (Lipinski definition) is 5. The van der Waals surface area contributed by atoms with E-state index in [-0.39, 0.29) is 10.7 Å². The molecule has 1 N–H and O–H groups in total. The minimum absolute atomic E-state index is 0.147. The zero-order valence-corrected chi connectivity index (χ0v) is 14.7. The van der Waals surface area contributed by atoms with E-state index in [1.807, 2.05) is 0 Å². The third-order valence-electron chi connectivity index (χ3n) is 3.49. The summed E-state index contributed by atoms with van der Waals surface area (Å²) in [5.74, 6) is 0.414. The van der Waals surface area contributed by atoms with Gasteiger partial charge in [0.15, 0.2) is 10.8 Å². The summed E-state index contributed by atoms with van der Waals surface area (Å²) in [5.41, 5.74) is -0.308. The van der Waals surface area contributed by atoms with Gasteiger partial charge in [0.25, 0.3) is 5.91 Å². The normalized spacial score (nSPS) is 12.1. The summed E-state index contributed by atoms with van der Waals surface area (Å²) in [5, 5.41) is 3.10. The second-order valence-corrected chi connectivity index (χ2v) is 6.15. The van der Waals surface area contributed by atoms with Crippen molar-refractivity contribution in [1.82, 2.24) is 4.98 Å². The quantitative estimate of drug-likeness (QED) is 0.623. The molecule has 3 aromatic rings. The maximum Gasteiger partial charge on any atom is 0.434 e. The Kier molecular flexibility index (Phi) is 5.31. The van der Waals surface area contributed by atoms with E-state index in [2.05, 4.69) is 10.3 Å². The van der Waals surface area contributed by atoms with E-state index in [4.69, 9.17) is 9.15 Å². The lowest BCUT2D eigenvalue weighted by atomic mass is 10.0. The number of methoxy groups -OCH3 is 1. The second-order valence-electron chi connectivity index (χ2n) is 5.29.